The van der Waals surface area contributed by atoms with E-state index >= 15 is 0 Å². The molecule has 0 amide bonds. The van der Waals surface area contributed by atoms with Gasteiger partial charge in [0.25, 0.3) is 0 Å². The van der Waals surface area contributed by atoms with Crippen molar-refractivity contribution in [2.45, 2.75) is 19.4 Å². The van der Waals surface area contributed by atoms with Gasteiger partial charge in [0.2, 0.25) is 0 Å². The lowest BCUT2D eigenvalue weighted by molar-refractivity contribution is -0.117. The minimum absolute atomic E-state index is 0.192. The van der Waals surface area contributed by atoms with E-state index in [0.29, 0.717) is 18.7 Å². The highest BCUT2D eigenvalue weighted by Gasteiger charge is 2.24. The summed E-state index contributed by atoms with van der Waals surface area (Å²) < 4.78 is 12.7. The SMILES string of the molecule is C[C@@H](c1ccc(F)cc1)N1CCC(=O)C1. The van der Waals surface area contributed by atoms with Crippen molar-refractivity contribution in [1.29, 1.82) is 0 Å². The Morgan fingerprint density at radius 3 is 2.53 bits per heavy atom. The van der Waals surface area contributed by atoms with E-state index in [1.54, 1.807) is 12.1 Å². The molecule has 0 N–H and O–H groups in total. The first-order chi connectivity index (χ1) is 7.16. The van der Waals surface area contributed by atoms with Crippen LogP contribution in [0.1, 0.15) is 24.9 Å². The van der Waals surface area contributed by atoms with E-state index in [2.05, 4.69) is 4.90 Å². The lowest BCUT2D eigenvalue weighted by atomic mass is 10.1. The number of ketones is 1. The van der Waals surface area contributed by atoms with E-state index in [1.807, 2.05) is 6.92 Å². The Bertz CT molecular complexity index is 360. The summed E-state index contributed by atoms with van der Waals surface area (Å²) in [5, 5.41) is 0. The zero-order chi connectivity index (χ0) is 10.8. The smallest absolute Gasteiger partial charge is 0.148 e. The number of hydrogen-bond donors (Lipinski definition) is 0. The first kappa shape index (κ1) is 10.3. The largest absolute Gasteiger partial charge is 0.298 e. The van der Waals surface area contributed by atoms with E-state index in [0.717, 1.165) is 12.1 Å². The summed E-state index contributed by atoms with van der Waals surface area (Å²) in [5.74, 6) is 0.0763. The molecule has 0 aliphatic carbocycles. The third kappa shape index (κ3) is 2.23. The molecule has 2 rings (SSSR count). The number of benzene rings is 1. The molecule has 1 heterocycles. The summed E-state index contributed by atoms with van der Waals surface area (Å²) >= 11 is 0. The maximum absolute atomic E-state index is 12.7. The number of carbonyl (C=O) groups is 1. The van der Waals surface area contributed by atoms with Gasteiger partial charge in [-0.15, -0.1) is 0 Å². The predicted octanol–water partition coefficient (Wildman–Crippen LogP) is 2.16. The fraction of sp³-hybridized carbons (Fsp3) is 0.417. The number of nitrogens with zero attached hydrogens (tertiary/aromatic N) is 1. The number of rotatable bonds is 2. The molecule has 2 nitrogen and oxygen atoms in total. The van der Waals surface area contributed by atoms with E-state index in [4.69, 9.17) is 0 Å². The van der Waals surface area contributed by atoms with Gasteiger partial charge in [0, 0.05) is 19.0 Å². The normalized spacial score (nSPS) is 19.5. The van der Waals surface area contributed by atoms with Crippen LogP contribution in [0, 0.1) is 5.82 Å². The average Bonchev–Trinajstić information content (AvgIpc) is 2.65. The number of carbonyl (C=O) groups excluding carboxylic acids is 1. The van der Waals surface area contributed by atoms with Gasteiger partial charge in [0.15, 0.2) is 0 Å². The molecule has 1 aromatic carbocycles. The number of Topliss-reactive ketones (excluding diaryl/α,β-unsaturated/α-hetero) is 1. The van der Waals surface area contributed by atoms with E-state index in [9.17, 15) is 9.18 Å². The Morgan fingerprint density at radius 2 is 2.00 bits per heavy atom. The molecular formula is C12H14FNO. The van der Waals surface area contributed by atoms with Gasteiger partial charge in [-0.2, -0.15) is 0 Å². The first-order valence-electron chi connectivity index (χ1n) is 5.18. The minimum Gasteiger partial charge on any atom is -0.298 e. The van der Waals surface area contributed by atoms with Crippen molar-refractivity contribution < 1.29 is 9.18 Å². The molecule has 1 saturated heterocycles. The Balaban J connectivity index is 2.10. The zero-order valence-corrected chi connectivity index (χ0v) is 8.74. The maximum Gasteiger partial charge on any atom is 0.148 e. The van der Waals surface area contributed by atoms with Crippen LogP contribution in [0.15, 0.2) is 24.3 Å². The van der Waals surface area contributed by atoms with Gasteiger partial charge in [-0.3, -0.25) is 9.69 Å². The van der Waals surface area contributed by atoms with Crippen molar-refractivity contribution in [3.8, 4) is 0 Å². The first-order valence-corrected chi connectivity index (χ1v) is 5.18. The number of hydrogen-bond acceptors (Lipinski definition) is 2. The van der Waals surface area contributed by atoms with Crippen LogP contribution in [-0.4, -0.2) is 23.8 Å². The highest BCUT2D eigenvalue weighted by atomic mass is 19.1. The molecule has 0 spiro atoms. The van der Waals surface area contributed by atoms with Crippen LogP contribution in [0.2, 0.25) is 0 Å². The summed E-state index contributed by atoms with van der Waals surface area (Å²) in [6.45, 7) is 3.39. The van der Waals surface area contributed by atoms with Crippen LogP contribution in [0.3, 0.4) is 0 Å². The van der Waals surface area contributed by atoms with Crippen LogP contribution in [0.4, 0.5) is 4.39 Å². The van der Waals surface area contributed by atoms with Crippen LogP contribution in [0.5, 0.6) is 0 Å². The quantitative estimate of drug-likeness (QED) is 0.740. The fourth-order valence-corrected chi connectivity index (χ4v) is 1.94. The molecule has 0 unspecified atom stereocenters. The van der Waals surface area contributed by atoms with Crippen molar-refractivity contribution in [1.82, 2.24) is 4.90 Å². The topological polar surface area (TPSA) is 20.3 Å². The van der Waals surface area contributed by atoms with Crippen molar-refractivity contribution >= 4 is 5.78 Å². The zero-order valence-electron chi connectivity index (χ0n) is 8.74. The van der Waals surface area contributed by atoms with Gasteiger partial charge in [-0.1, -0.05) is 12.1 Å². The monoisotopic (exact) mass is 207 g/mol. The molecular weight excluding hydrogens is 193 g/mol. The van der Waals surface area contributed by atoms with E-state index in [-0.39, 0.29) is 11.9 Å². The van der Waals surface area contributed by atoms with Gasteiger partial charge in [0.05, 0.1) is 6.54 Å². The van der Waals surface area contributed by atoms with Gasteiger partial charge < -0.3 is 0 Å². The van der Waals surface area contributed by atoms with Gasteiger partial charge in [0.1, 0.15) is 11.6 Å². The molecule has 1 aliphatic heterocycles. The molecule has 0 aromatic heterocycles. The van der Waals surface area contributed by atoms with Crippen LogP contribution >= 0.6 is 0 Å². The molecule has 0 radical (unpaired) electrons. The Labute approximate surface area is 88.7 Å². The average molecular weight is 207 g/mol. The summed E-state index contributed by atoms with van der Waals surface area (Å²) in [6, 6.07) is 6.68. The molecule has 1 aliphatic rings. The third-order valence-corrected chi connectivity index (χ3v) is 2.96. The highest BCUT2D eigenvalue weighted by molar-refractivity contribution is 5.82. The summed E-state index contributed by atoms with van der Waals surface area (Å²) in [5.41, 5.74) is 1.06. The molecule has 1 atom stereocenters. The number of likely N-dealkylation sites (tertiary alicyclic amines) is 1. The lowest BCUT2D eigenvalue weighted by Crippen LogP contribution is -2.24. The lowest BCUT2D eigenvalue weighted by Gasteiger charge is -2.23. The molecule has 0 bridgehead atoms. The molecule has 3 heteroatoms. The second kappa shape index (κ2) is 4.11. The van der Waals surface area contributed by atoms with E-state index < -0.39 is 0 Å². The van der Waals surface area contributed by atoms with Gasteiger partial charge >= 0.3 is 0 Å². The minimum atomic E-state index is -0.219. The fourth-order valence-electron chi connectivity index (χ4n) is 1.94. The van der Waals surface area contributed by atoms with Gasteiger partial charge in [-0.25, -0.2) is 4.39 Å². The molecule has 15 heavy (non-hydrogen) atoms. The van der Waals surface area contributed by atoms with E-state index in [1.165, 1.54) is 12.1 Å². The second-order valence-electron chi connectivity index (χ2n) is 3.99. The molecule has 0 saturated carbocycles. The summed E-state index contributed by atoms with van der Waals surface area (Å²) in [7, 11) is 0. The predicted molar refractivity (Wildman–Crippen MR) is 56.0 cm³/mol. The second-order valence-corrected chi connectivity index (χ2v) is 3.99. The van der Waals surface area contributed by atoms with Crippen molar-refractivity contribution in [3.63, 3.8) is 0 Å². The molecule has 80 valence electrons. The standard InChI is InChI=1S/C12H14FNO/c1-9(14-7-6-12(15)8-14)10-2-4-11(13)5-3-10/h2-5,9H,6-8H2,1H3/t9-/m0/s1. The Hall–Kier alpha value is -1.22. The number of halogens is 1. The van der Waals surface area contributed by atoms with Crippen molar-refractivity contribution in [2.75, 3.05) is 13.1 Å². The van der Waals surface area contributed by atoms with Gasteiger partial charge in [-0.05, 0) is 24.6 Å². The summed E-state index contributed by atoms with van der Waals surface area (Å²) in [6.07, 6.45) is 0.644. The molecule has 1 fully saturated rings. The van der Waals surface area contributed by atoms with Crippen molar-refractivity contribution in [3.05, 3.63) is 35.6 Å². The Kier molecular flexibility index (Phi) is 2.82. The third-order valence-electron chi connectivity index (χ3n) is 2.96. The maximum atomic E-state index is 12.7. The molecule has 1 aromatic rings. The van der Waals surface area contributed by atoms with Crippen LogP contribution < -0.4 is 0 Å². The van der Waals surface area contributed by atoms with Crippen molar-refractivity contribution in [2.24, 2.45) is 0 Å². The Morgan fingerprint density at radius 1 is 1.33 bits per heavy atom. The highest BCUT2D eigenvalue weighted by Crippen LogP contribution is 2.23. The summed E-state index contributed by atoms with van der Waals surface area (Å²) in [4.78, 5) is 13.3. The van der Waals surface area contributed by atoms with Crippen LogP contribution in [0.25, 0.3) is 0 Å². The van der Waals surface area contributed by atoms with Crippen LogP contribution in [-0.2, 0) is 4.79 Å².